The van der Waals surface area contributed by atoms with Crippen LogP contribution in [0.4, 0.5) is 13.2 Å². The smallest absolute Gasteiger partial charge is 0.246 e. The second-order valence-electron chi connectivity index (χ2n) is 19.9. The van der Waals surface area contributed by atoms with Crippen LogP contribution >= 0.6 is 11.3 Å². The van der Waals surface area contributed by atoms with Crippen LogP contribution in [0, 0.1) is 24.0 Å². The highest BCUT2D eigenvalue weighted by Crippen LogP contribution is 2.44. The number of benzene rings is 3. The average molecular weight is 975 g/mol. The Kier molecular flexibility index (Phi) is 16.6. The number of thiazole rings is 1. The molecule has 3 aromatic carbocycles. The lowest BCUT2D eigenvalue weighted by Crippen LogP contribution is -2.58. The number of amides is 3. The molecule has 0 unspecified atom stereocenters. The number of fused-ring (bicyclic) bond motifs is 3. The van der Waals surface area contributed by atoms with Crippen LogP contribution in [-0.2, 0) is 36.8 Å². The molecule has 1 saturated heterocycles. The predicted molar refractivity (Wildman–Crippen MR) is 260 cm³/mol. The molecule has 4 heterocycles. The van der Waals surface area contributed by atoms with E-state index in [4.69, 9.17) is 14.2 Å². The van der Waals surface area contributed by atoms with Gasteiger partial charge in [0, 0.05) is 92.6 Å². The topological polar surface area (TPSA) is 158 Å². The molecule has 0 saturated carbocycles. The molecule has 17 heteroatoms. The molecule has 0 bridgehead atoms. The molecule has 2 aliphatic rings. The van der Waals surface area contributed by atoms with Gasteiger partial charge in [-0.15, -0.1) is 11.3 Å². The van der Waals surface area contributed by atoms with Gasteiger partial charge in [0.25, 0.3) is 0 Å². The molecule has 5 aromatic rings. The van der Waals surface area contributed by atoms with Gasteiger partial charge < -0.3 is 39.8 Å². The highest BCUT2D eigenvalue weighted by atomic mass is 32.1. The first kappa shape index (κ1) is 51.5. The Morgan fingerprint density at radius 2 is 1.65 bits per heavy atom. The fraction of sp³-hybridized carbons (Fsp3) is 0.500. The summed E-state index contributed by atoms with van der Waals surface area (Å²) in [5, 5.41) is 17.2. The summed E-state index contributed by atoms with van der Waals surface area (Å²) in [6, 6.07) is 14.9. The number of rotatable bonds is 20. The summed E-state index contributed by atoms with van der Waals surface area (Å²) in [5.74, 6) is -2.88. The molecule has 5 atom stereocenters. The van der Waals surface area contributed by atoms with Crippen LogP contribution in [0.15, 0.2) is 66.2 Å². The zero-order valence-corrected chi connectivity index (χ0v) is 41.3. The number of aliphatic hydroxyl groups excluding tert-OH is 1. The van der Waals surface area contributed by atoms with E-state index in [2.05, 4.69) is 20.6 Å². The number of aromatic amines is 1. The number of carbonyl (C=O) groups is 3. The molecule has 0 aliphatic carbocycles. The Labute approximate surface area is 406 Å². The van der Waals surface area contributed by atoms with E-state index in [1.165, 1.54) is 30.9 Å². The first-order chi connectivity index (χ1) is 32.8. The maximum absolute atomic E-state index is 16.0. The first-order valence-corrected chi connectivity index (χ1v) is 24.5. The summed E-state index contributed by atoms with van der Waals surface area (Å²) in [6.45, 7) is 13.1. The first-order valence-electron chi connectivity index (χ1n) is 23.7. The van der Waals surface area contributed by atoms with Crippen LogP contribution in [0.5, 0.6) is 5.75 Å². The van der Waals surface area contributed by atoms with Crippen LogP contribution < -0.4 is 15.4 Å². The third-order valence-electron chi connectivity index (χ3n) is 12.6. The Morgan fingerprint density at radius 1 is 0.971 bits per heavy atom. The fourth-order valence-corrected chi connectivity index (χ4v) is 10.1. The Balaban J connectivity index is 0.826. The highest BCUT2D eigenvalue weighted by Gasteiger charge is 2.45. The van der Waals surface area contributed by atoms with Crippen molar-refractivity contribution in [1.82, 2.24) is 30.4 Å². The fourth-order valence-electron chi connectivity index (χ4n) is 9.27. The van der Waals surface area contributed by atoms with Gasteiger partial charge in [0.15, 0.2) is 0 Å². The number of aryl methyl sites for hydroxylation is 1. The van der Waals surface area contributed by atoms with Crippen molar-refractivity contribution in [1.29, 1.82) is 0 Å². The molecule has 0 radical (unpaired) electrons. The third-order valence-corrected chi connectivity index (χ3v) is 13.6. The van der Waals surface area contributed by atoms with E-state index < -0.39 is 64.7 Å². The van der Waals surface area contributed by atoms with Crippen molar-refractivity contribution in [3.63, 3.8) is 0 Å². The number of aromatic nitrogens is 2. The monoisotopic (exact) mass is 974 g/mol. The molecule has 69 heavy (non-hydrogen) atoms. The van der Waals surface area contributed by atoms with E-state index >= 15 is 13.2 Å². The summed E-state index contributed by atoms with van der Waals surface area (Å²) >= 11 is 1.56. The van der Waals surface area contributed by atoms with Gasteiger partial charge in [0.05, 0.1) is 34.8 Å². The molecule has 7 rings (SSSR count). The maximum atomic E-state index is 16.0. The quantitative estimate of drug-likeness (QED) is 0.0568. The maximum Gasteiger partial charge on any atom is 0.246 e. The Hall–Kier alpha value is -5.33. The van der Waals surface area contributed by atoms with Crippen molar-refractivity contribution in [2.24, 2.45) is 5.41 Å². The van der Waals surface area contributed by atoms with Crippen LogP contribution in [0.2, 0.25) is 0 Å². The number of nitrogens with zero attached hydrogens (tertiary/aromatic N) is 3. The van der Waals surface area contributed by atoms with Crippen LogP contribution in [0.3, 0.4) is 0 Å². The van der Waals surface area contributed by atoms with Gasteiger partial charge in [-0.2, -0.15) is 0 Å². The molecule has 1 fully saturated rings. The molecule has 372 valence electrons. The van der Waals surface area contributed by atoms with E-state index in [1.54, 1.807) is 16.8 Å². The summed E-state index contributed by atoms with van der Waals surface area (Å²) in [5.41, 5.74) is 4.67. The third kappa shape index (κ3) is 12.7. The molecular formula is C52H65F3N6O7S. The second kappa shape index (κ2) is 22.2. The zero-order chi connectivity index (χ0) is 49.6. The lowest BCUT2D eigenvalue weighted by atomic mass is 9.85. The van der Waals surface area contributed by atoms with Crippen molar-refractivity contribution in [3.05, 3.63) is 106 Å². The number of hydrogen-bond donors (Lipinski definition) is 4. The Morgan fingerprint density at radius 3 is 2.32 bits per heavy atom. The average Bonchev–Trinajstić information content (AvgIpc) is 4.01. The van der Waals surface area contributed by atoms with E-state index in [9.17, 15) is 19.5 Å². The summed E-state index contributed by atoms with van der Waals surface area (Å²) in [4.78, 5) is 52.4. The van der Waals surface area contributed by atoms with Gasteiger partial charge in [-0.25, -0.2) is 18.2 Å². The number of halogens is 3. The van der Waals surface area contributed by atoms with E-state index in [0.717, 1.165) is 38.2 Å². The largest absolute Gasteiger partial charge is 0.493 e. The molecule has 2 aliphatic heterocycles. The minimum absolute atomic E-state index is 0.0179. The van der Waals surface area contributed by atoms with Crippen molar-refractivity contribution in [2.45, 2.75) is 117 Å². The van der Waals surface area contributed by atoms with Gasteiger partial charge in [-0.1, -0.05) is 63.2 Å². The number of H-pyrrole nitrogens is 1. The summed E-state index contributed by atoms with van der Waals surface area (Å²) < 4.78 is 64.2. The van der Waals surface area contributed by atoms with Crippen molar-refractivity contribution < 1.29 is 46.9 Å². The standard InChI is InChI=1S/C52H65F3N6O7S/c1-31-22-38-37-12-8-9-13-41(37)58-45(38)46(61(31)29-52(6,7)55)44-39(53)24-36(25-40(44)54)68-21-11-19-66-18-10-20-67-28-43(63)59-48(51(3,4)5)50(65)60-27-35(62)23-42(60)49(64)56-26-33-14-16-34(17-15-33)47-32(2)57-30-69-47/h8-9,12-17,24-25,30-31,35,42,46,48,58,62H,10-11,18-23,26-29H2,1-7H3,(H,56,64)(H,59,63)/t31-,35+,42-,46-,48-/m1/s1. The number of nitrogens with one attached hydrogen (secondary N) is 3. The van der Waals surface area contributed by atoms with Gasteiger partial charge in [-0.05, 0) is 68.7 Å². The van der Waals surface area contributed by atoms with E-state index in [-0.39, 0.29) is 63.2 Å². The van der Waals surface area contributed by atoms with Gasteiger partial charge in [0.2, 0.25) is 17.7 Å². The number of β-amino-alcohol motifs (C(OH)–C–C–N with tert-alkyl or cyclic N) is 1. The van der Waals surface area contributed by atoms with Crippen molar-refractivity contribution >= 4 is 40.0 Å². The molecule has 13 nitrogen and oxygen atoms in total. The van der Waals surface area contributed by atoms with E-state index in [1.807, 2.05) is 88.0 Å². The van der Waals surface area contributed by atoms with Gasteiger partial charge in [-0.3, -0.25) is 19.3 Å². The normalized spacial score (nSPS) is 19.1. The SMILES string of the molecule is Cc1ncsc1-c1ccc(CNC(=O)[C@H]2C[C@H](O)CN2C(=O)[C@@H](NC(=O)COCCCOCCCOc2cc(F)c([C@@H]3c4[nH]c5ccccc5c4C[C@@H](C)N3CC(C)(C)F)c(F)c2)C(C)(C)C)cc1. The summed E-state index contributed by atoms with van der Waals surface area (Å²) in [7, 11) is 0. The van der Waals surface area contributed by atoms with Crippen LogP contribution in [-0.4, -0.2) is 119 Å². The van der Waals surface area contributed by atoms with Crippen molar-refractivity contribution in [2.75, 3.05) is 46.1 Å². The number of aliphatic hydroxyl groups is 1. The Bertz CT molecular complexity index is 2550. The lowest BCUT2D eigenvalue weighted by molar-refractivity contribution is -0.144. The molecule has 2 aromatic heterocycles. The minimum atomic E-state index is -1.61. The van der Waals surface area contributed by atoms with Crippen LogP contribution in [0.1, 0.15) is 94.9 Å². The predicted octanol–water partition coefficient (Wildman–Crippen LogP) is 7.96. The zero-order valence-electron chi connectivity index (χ0n) is 40.5. The number of ether oxygens (including phenoxy) is 3. The van der Waals surface area contributed by atoms with Crippen LogP contribution in [0.25, 0.3) is 21.3 Å². The van der Waals surface area contributed by atoms with Crippen molar-refractivity contribution in [3.8, 4) is 16.2 Å². The highest BCUT2D eigenvalue weighted by molar-refractivity contribution is 7.13. The van der Waals surface area contributed by atoms with Gasteiger partial charge in [0.1, 0.15) is 41.7 Å². The number of likely N-dealkylation sites (tertiary alicyclic amines) is 1. The molecular weight excluding hydrogens is 910 g/mol. The second-order valence-corrected chi connectivity index (χ2v) is 20.7. The summed E-state index contributed by atoms with van der Waals surface area (Å²) in [6.07, 6.45) is 0.701. The minimum Gasteiger partial charge on any atom is -0.493 e. The molecule has 0 spiro atoms. The number of alkyl halides is 1. The molecule has 3 amide bonds. The van der Waals surface area contributed by atoms with E-state index in [0.29, 0.717) is 38.2 Å². The number of carbonyl (C=O) groups excluding carboxylic acids is 3. The van der Waals surface area contributed by atoms with Gasteiger partial charge >= 0.3 is 0 Å². The number of hydrogen-bond acceptors (Lipinski definition) is 10. The lowest BCUT2D eigenvalue weighted by Gasteiger charge is -2.43. The number of para-hydroxylation sites is 1. The molecule has 4 N–H and O–H groups in total.